The lowest BCUT2D eigenvalue weighted by atomic mass is 9.96. The van der Waals surface area contributed by atoms with Crippen molar-refractivity contribution in [1.29, 1.82) is 0 Å². The Bertz CT molecular complexity index is 332. The number of fused-ring (bicyclic) bond motifs is 1. The van der Waals surface area contributed by atoms with Gasteiger partial charge in [0.25, 0.3) is 0 Å². The number of anilines is 1. The van der Waals surface area contributed by atoms with Crippen molar-refractivity contribution >= 4 is 18.1 Å². The van der Waals surface area contributed by atoms with E-state index in [9.17, 15) is 10.2 Å². The quantitative estimate of drug-likeness (QED) is 0.590. The highest BCUT2D eigenvalue weighted by Gasteiger charge is 2.23. The Morgan fingerprint density at radius 2 is 2.07 bits per heavy atom. The first kappa shape index (κ1) is 14.0. The molecule has 4 nitrogen and oxygen atoms in total. The van der Waals surface area contributed by atoms with Crippen molar-refractivity contribution < 1.29 is 15.7 Å². The molecule has 1 aromatic carbocycles. The number of benzene rings is 1. The monoisotopic (exact) mass is 233 g/mol. The minimum absolute atomic E-state index is 0. The molecule has 5 N–H and O–H groups in total. The van der Waals surface area contributed by atoms with Crippen LogP contribution in [0, 0.1) is 0 Å². The van der Waals surface area contributed by atoms with E-state index >= 15 is 0 Å². The molecule has 0 fully saturated rings. The van der Waals surface area contributed by atoms with Gasteiger partial charge in [-0.3, -0.25) is 0 Å². The van der Waals surface area contributed by atoms with Gasteiger partial charge in [0, 0.05) is 11.6 Å². The van der Waals surface area contributed by atoms with Crippen molar-refractivity contribution in [1.82, 2.24) is 0 Å². The summed E-state index contributed by atoms with van der Waals surface area (Å²) >= 11 is 0. The Morgan fingerprint density at radius 3 is 2.73 bits per heavy atom. The number of aliphatic hydroxyl groups excluding tert-OH is 1. The summed E-state index contributed by atoms with van der Waals surface area (Å²) in [6.07, 6.45) is 0.231. The number of hydrogen-bond donors (Lipinski definition) is 3. The van der Waals surface area contributed by atoms with E-state index < -0.39 is 6.10 Å². The molecule has 1 unspecified atom stereocenters. The standard InChI is InChI=1S/C10H13NO2.ClH.H2O/c1-6-5-9(13)7-3-2-4-8(12)10(7)11-6;;/h2-4,6,9,11-13H,5H2,1H3;1H;1H2/t6-,9?;;/m1../s1. The molecule has 0 aromatic heterocycles. The molecule has 15 heavy (non-hydrogen) atoms. The molecule has 86 valence electrons. The highest BCUT2D eigenvalue weighted by molar-refractivity contribution is 5.85. The number of phenolic OH excluding ortho intramolecular Hbond substituents is 1. The summed E-state index contributed by atoms with van der Waals surface area (Å²) in [6, 6.07) is 5.40. The van der Waals surface area contributed by atoms with Crippen molar-refractivity contribution in [2.24, 2.45) is 0 Å². The first-order chi connectivity index (χ1) is 6.18. The molecular formula is C10H16ClNO3. The number of nitrogens with one attached hydrogen (secondary N) is 1. The van der Waals surface area contributed by atoms with E-state index in [1.807, 2.05) is 13.0 Å². The van der Waals surface area contributed by atoms with E-state index in [2.05, 4.69) is 5.32 Å². The number of aromatic hydroxyl groups is 1. The van der Waals surface area contributed by atoms with Crippen molar-refractivity contribution in [3.63, 3.8) is 0 Å². The van der Waals surface area contributed by atoms with Gasteiger partial charge in [0.1, 0.15) is 5.75 Å². The summed E-state index contributed by atoms with van der Waals surface area (Å²) in [4.78, 5) is 0. The van der Waals surface area contributed by atoms with E-state index in [1.54, 1.807) is 12.1 Å². The maximum absolute atomic E-state index is 9.71. The van der Waals surface area contributed by atoms with E-state index in [4.69, 9.17) is 0 Å². The van der Waals surface area contributed by atoms with Gasteiger partial charge in [0.15, 0.2) is 0 Å². The highest BCUT2D eigenvalue weighted by Crippen LogP contribution is 2.37. The minimum Gasteiger partial charge on any atom is -0.506 e. The van der Waals surface area contributed by atoms with Crippen LogP contribution in [-0.4, -0.2) is 21.7 Å². The van der Waals surface area contributed by atoms with Crippen LogP contribution >= 0.6 is 12.4 Å². The maximum Gasteiger partial charge on any atom is 0.139 e. The Kier molecular flexibility index (Phi) is 4.87. The van der Waals surface area contributed by atoms with Gasteiger partial charge in [0.2, 0.25) is 0 Å². The molecular weight excluding hydrogens is 218 g/mol. The average Bonchev–Trinajstić information content (AvgIpc) is 2.07. The van der Waals surface area contributed by atoms with Crippen LogP contribution in [0.2, 0.25) is 0 Å². The predicted molar refractivity (Wildman–Crippen MR) is 61.6 cm³/mol. The Balaban J connectivity index is 0.000000980. The van der Waals surface area contributed by atoms with Crippen LogP contribution in [0.4, 0.5) is 5.69 Å². The second-order valence-electron chi connectivity index (χ2n) is 3.54. The van der Waals surface area contributed by atoms with Crippen LogP contribution in [0.1, 0.15) is 25.0 Å². The fourth-order valence-corrected chi connectivity index (χ4v) is 1.76. The smallest absolute Gasteiger partial charge is 0.139 e. The van der Waals surface area contributed by atoms with Crippen LogP contribution < -0.4 is 5.32 Å². The highest BCUT2D eigenvalue weighted by atomic mass is 35.5. The summed E-state index contributed by atoms with van der Waals surface area (Å²) in [7, 11) is 0. The van der Waals surface area contributed by atoms with Crippen molar-refractivity contribution in [3.8, 4) is 5.75 Å². The van der Waals surface area contributed by atoms with Crippen LogP contribution in [0.15, 0.2) is 18.2 Å². The van der Waals surface area contributed by atoms with Gasteiger partial charge in [-0.1, -0.05) is 12.1 Å². The van der Waals surface area contributed by atoms with Gasteiger partial charge in [-0.25, -0.2) is 0 Å². The minimum atomic E-state index is -0.460. The van der Waals surface area contributed by atoms with Crippen LogP contribution in [0.5, 0.6) is 5.75 Å². The molecule has 1 aromatic rings. The first-order valence-corrected chi connectivity index (χ1v) is 4.45. The zero-order valence-corrected chi connectivity index (χ0v) is 9.21. The number of halogens is 1. The van der Waals surface area contributed by atoms with E-state index in [-0.39, 0.29) is 29.7 Å². The fraction of sp³-hybridized carbons (Fsp3) is 0.400. The molecule has 0 spiro atoms. The molecule has 5 heteroatoms. The summed E-state index contributed by atoms with van der Waals surface area (Å²) in [5.74, 6) is 0.211. The molecule has 1 aliphatic heterocycles. The molecule has 0 radical (unpaired) electrons. The molecule has 1 aliphatic rings. The lowest BCUT2D eigenvalue weighted by molar-refractivity contribution is 0.158. The lowest BCUT2D eigenvalue weighted by Gasteiger charge is -2.28. The number of para-hydroxylation sites is 1. The molecule has 0 bridgehead atoms. The van der Waals surface area contributed by atoms with E-state index in [0.29, 0.717) is 12.1 Å². The van der Waals surface area contributed by atoms with Crippen molar-refractivity contribution in [2.75, 3.05) is 5.32 Å². The molecule has 2 atom stereocenters. The average molecular weight is 234 g/mol. The second kappa shape index (κ2) is 5.21. The maximum atomic E-state index is 9.71. The zero-order chi connectivity index (χ0) is 9.42. The lowest BCUT2D eigenvalue weighted by Crippen LogP contribution is -2.25. The van der Waals surface area contributed by atoms with Crippen molar-refractivity contribution in [3.05, 3.63) is 23.8 Å². The van der Waals surface area contributed by atoms with Gasteiger partial charge in [-0.05, 0) is 19.4 Å². The van der Waals surface area contributed by atoms with Gasteiger partial charge < -0.3 is 21.0 Å². The summed E-state index contributed by atoms with van der Waals surface area (Å²) in [6.45, 7) is 1.98. The Hall–Kier alpha value is -0.970. The SMILES string of the molecule is C[C@@H]1CC(O)c2cccc(O)c2N1.Cl.O. The summed E-state index contributed by atoms with van der Waals surface area (Å²) in [5.41, 5.74) is 1.46. The number of rotatable bonds is 0. The second-order valence-corrected chi connectivity index (χ2v) is 3.54. The Morgan fingerprint density at radius 1 is 1.40 bits per heavy atom. The molecule has 2 rings (SSSR count). The molecule has 0 aliphatic carbocycles. The normalized spacial score (nSPS) is 22.8. The third-order valence-corrected chi connectivity index (χ3v) is 2.40. The third-order valence-electron chi connectivity index (χ3n) is 2.40. The first-order valence-electron chi connectivity index (χ1n) is 4.45. The molecule has 1 heterocycles. The van der Waals surface area contributed by atoms with Gasteiger partial charge in [-0.2, -0.15) is 0 Å². The predicted octanol–water partition coefficient (Wildman–Crippen LogP) is 1.23. The topological polar surface area (TPSA) is 84.0 Å². The molecule has 0 saturated heterocycles. The van der Waals surface area contributed by atoms with Crippen LogP contribution in [-0.2, 0) is 0 Å². The summed E-state index contributed by atoms with van der Waals surface area (Å²) < 4.78 is 0. The largest absolute Gasteiger partial charge is 0.506 e. The van der Waals surface area contributed by atoms with Gasteiger partial charge in [-0.15, -0.1) is 12.4 Å². The number of aliphatic hydroxyl groups is 1. The van der Waals surface area contributed by atoms with E-state index in [0.717, 1.165) is 5.56 Å². The zero-order valence-electron chi connectivity index (χ0n) is 8.40. The van der Waals surface area contributed by atoms with Crippen molar-refractivity contribution in [2.45, 2.75) is 25.5 Å². The Labute approximate surface area is 94.7 Å². The number of phenols is 1. The third kappa shape index (κ3) is 2.53. The van der Waals surface area contributed by atoms with Crippen LogP contribution in [0.25, 0.3) is 0 Å². The molecule has 0 amide bonds. The van der Waals surface area contributed by atoms with E-state index in [1.165, 1.54) is 0 Å². The fourth-order valence-electron chi connectivity index (χ4n) is 1.76. The molecule has 0 saturated carbocycles. The van der Waals surface area contributed by atoms with Crippen LogP contribution in [0.3, 0.4) is 0 Å². The van der Waals surface area contributed by atoms with Gasteiger partial charge >= 0.3 is 0 Å². The van der Waals surface area contributed by atoms with Gasteiger partial charge in [0.05, 0.1) is 11.8 Å². The number of hydrogen-bond acceptors (Lipinski definition) is 3. The summed E-state index contributed by atoms with van der Waals surface area (Å²) in [5, 5.41) is 22.4.